The summed E-state index contributed by atoms with van der Waals surface area (Å²) in [7, 11) is 0. The van der Waals surface area contributed by atoms with Gasteiger partial charge in [-0.1, -0.05) is 25.1 Å². The first-order valence-corrected chi connectivity index (χ1v) is 15.5. The third-order valence-electron chi connectivity index (χ3n) is 10.0. The number of aromatic nitrogens is 3. The molecular formula is C32H41N3O8. The Hall–Kier alpha value is -2.83. The van der Waals surface area contributed by atoms with Crippen LogP contribution in [-0.2, 0) is 37.1 Å². The van der Waals surface area contributed by atoms with Crippen molar-refractivity contribution in [2.24, 2.45) is 23.7 Å². The van der Waals surface area contributed by atoms with Crippen LogP contribution in [0.4, 0.5) is 0 Å². The summed E-state index contributed by atoms with van der Waals surface area (Å²) in [5, 5.41) is 9.28. The Morgan fingerprint density at radius 1 is 1.09 bits per heavy atom. The summed E-state index contributed by atoms with van der Waals surface area (Å²) < 4.78 is 32.3. The zero-order valence-electron chi connectivity index (χ0n) is 25.5. The van der Waals surface area contributed by atoms with E-state index < -0.39 is 23.3 Å². The van der Waals surface area contributed by atoms with E-state index in [1.807, 2.05) is 39.1 Å². The van der Waals surface area contributed by atoms with Gasteiger partial charge in [-0.25, -0.2) is 19.3 Å². The van der Waals surface area contributed by atoms with Crippen molar-refractivity contribution in [1.29, 1.82) is 0 Å². The lowest BCUT2D eigenvalue weighted by Gasteiger charge is -2.60. The maximum Gasteiger partial charge on any atom is 0.339 e. The lowest BCUT2D eigenvalue weighted by Crippen LogP contribution is -2.70. The number of hydrogen-bond acceptors (Lipinski definition) is 10. The van der Waals surface area contributed by atoms with Gasteiger partial charge in [0, 0.05) is 18.3 Å². The molecule has 1 aliphatic carbocycles. The van der Waals surface area contributed by atoms with Crippen molar-refractivity contribution in [3.63, 3.8) is 0 Å². The van der Waals surface area contributed by atoms with E-state index in [1.54, 1.807) is 4.68 Å². The van der Waals surface area contributed by atoms with Crippen LogP contribution in [0.15, 0.2) is 33.6 Å². The maximum absolute atomic E-state index is 12.1. The van der Waals surface area contributed by atoms with Gasteiger partial charge in [0.2, 0.25) is 5.79 Å². The van der Waals surface area contributed by atoms with Crippen molar-refractivity contribution in [3.8, 4) is 5.75 Å². The summed E-state index contributed by atoms with van der Waals surface area (Å²) in [4.78, 5) is 24.2. The topological polar surface area (TPSA) is 116 Å². The summed E-state index contributed by atoms with van der Waals surface area (Å²) in [5.74, 6) is 0.911. The minimum Gasteiger partial charge on any atom is -0.470 e. The first kappa shape index (κ1) is 28.9. The van der Waals surface area contributed by atoms with E-state index in [1.165, 1.54) is 6.07 Å². The summed E-state index contributed by atoms with van der Waals surface area (Å²) in [6, 6.07) is 5.24. The van der Waals surface area contributed by atoms with Gasteiger partial charge >= 0.3 is 5.63 Å². The highest BCUT2D eigenvalue weighted by molar-refractivity contribution is 5.87. The lowest BCUT2D eigenvalue weighted by atomic mass is 9.58. The summed E-state index contributed by atoms with van der Waals surface area (Å²) in [6.07, 6.45) is 6.42. The minimum atomic E-state index is -0.795. The van der Waals surface area contributed by atoms with E-state index in [-0.39, 0.29) is 24.9 Å². The highest BCUT2D eigenvalue weighted by Crippen LogP contribution is 2.60. The van der Waals surface area contributed by atoms with Gasteiger partial charge in [0.25, 0.3) is 0 Å². The number of nitrogens with zero attached hydrogens (tertiary/aromatic N) is 3. The van der Waals surface area contributed by atoms with Crippen molar-refractivity contribution in [1.82, 2.24) is 15.0 Å². The number of fused-ring (bicyclic) bond motifs is 3. The highest BCUT2D eigenvalue weighted by atomic mass is 17.3. The first-order valence-electron chi connectivity index (χ1n) is 15.5. The van der Waals surface area contributed by atoms with Crippen LogP contribution in [0.2, 0.25) is 0 Å². The fourth-order valence-corrected chi connectivity index (χ4v) is 7.92. The van der Waals surface area contributed by atoms with E-state index in [4.69, 9.17) is 33.1 Å². The van der Waals surface area contributed by atoms with Gasteiger partial charge in [0.05, 0.1) is 30.0 Å². The lowest BCUT2D eigenvalue weighted by molar-refractivity contribution is -0.577. The van der Waals surface area contributed by atoms with Crippen molar-refractivity contribution in [2.75, 3.05) is 6.61 Å². The van der Waals surface area contributed by atoms with Crippen LogP contribution >= 0.6 is 0 Å². The Morgan fingerprint density at radius 3 is 2.81 bits per heavy atom. The molecule has 5 aliphatic rings. The standard InChI is InChI=1S/C32H41N3O8/c1-18-13-20(3)28-25(15-27(36)39-26(28)14-18)38-17-35-16-22(33-34-35)7-6-12-37-29-21(4)24-9-8-19(2)23-10-11-31(5)41-30(40-29)32(23,24)43-42-31/h13-16,19,21,23-24,29-30H,6-12,17H2,1-5H3/t19-,21-,23+,24+,29+,30-,31-,32-/m1/s1. The van der Waals surface area contributed by atoms with E-state index in [2.05, 4.69) is 24.2 Å². The van der Waals surface area contributed by atoms with Crippen LogP contribution in [0.1, 0.15) is 69.7 Å². The quantitative estimate of drug-likeness (QED) is 0.196. The van der Waals surface area contributed by atoms with E-state index in [0.29, 0.717) is 36.2 Å². The van der Waals surface area contributed by atoms with Crippen molar-refractivity contribution in [3.05, 3.63) is 51.6 Å². The zero-order valence-corrected chi connectivity index (χ0v) is 25.5. The third kappa shape index (κ3) is 5.08. The van der Waals surface area contributed by atoms with Gasteiger partial charge < -0.3 is 23.4 Å². The SMILES string of the molecule is Cc1cc(C)c2c(OCn3cc(CCCO[C@H]4O[C@@H]5O[C@@]6(C)CC[C@H]7[C@H](C)CC[C@@H]([C@H]4C)[C@@]57OO6)nn3)cc(=O)oc2c1. The second kappa shape index (κ2) is 11.0. The molecule has 5 fully saturated rings. The van der Waals surface area contributed by atoms with Gasteiger partial charge in [-0.15, -0.1) is 5.10 Å². The molecule has 0 radical (unpaired) electrons. The molecule has 8 atom stereocenters. The van der Waals surface area contributed by atoms with Crippen LogP contribution in [0, 0.1) is 37.5 Å². The third-order valence-corrected chi connectivity index (χ3v) is 10.0. The molecule has 11 nitrogen and oxygen atoms in total. The second-order valence-corrected chi connectivity index (χ2v) is 13.2. The van der Waals surface area contributed by atoms with Gasteiger partial charge in [-0.2, -0.15) is 0 Å². The average molecular weight is 596 g/mol. The molecule has 2 bridgehead atoms. The molecule has 1 saturated carbocycles. The molecule has 0 unspecified atom stereocenters. The molecule has 0 amide bonds. The van der Waals surface area contributed by atoms with E-state index >= 15 is 0 Å². The Kier molecular flexibility index (Phi) is 7.37. The number of aryl methyl sites for hydroxylation is 3. The Balaban J connectivity index is 0.951. The number of hydrogen-bond donors (Lipinski definition) is 0. The number of rotatable bonds is 8. The van der Waals surface area contributed by atoms with Crippen LogP contribution in [-0.4, -0.2) is 45.6 Å². The Bertz CT molecular complexity index is 1560. The predicted octanol–water partition coefficient (Wildman–Crippen LogP) is 5.20. The molecule has 4 aliphatic heterocycles. The van der Waals surface area contributed by atoms with Crippen molar-refractivity contribution in [2.45, 2.75) is 104 Å². The molecule has 232 valence electrons. The molecular weight excluding hydrogens is 554 g/mol. The summed E-state index contributed by atoms with van der Waals surface area (Å²) >= 11 is 0. The van der Waals surface area contributed by atoms with Crippen LogP contribution in [0.5, 0.6) is 5.75 Å². The number of ether oxygens (including phenoxy) is 4. The molecule has 2 aromatic heterocycles. The minimum absolute atomic E-state index is 0.123. The normalized spacial score (nSPS) is 35.1. The molecule has 4 saturated heterocycles. The van der Waals surface area contributed by atoms with Crippen LogP contribution in [0.3, 0.4) is 0 Å². The summed E-state index contributed by atoms with van der Waals surface area (Å²) in [5.41, 5.74) is 2.30. The van der Waals surface area contributed by atoms with Gasteiger partial charge in [-0.3, -0.25) is 0 Å². The molecule has 0 N–H and O–H groups in total. The first-order chi connectivity index (χ1) is 20.6. The predicted molar refractivity (Wildman–Crippen MR) is 154 cm³/mol. The molecule has 43 heavy (non-hydrogen) atoms. The molecule has 1 spiro atoms. The van der Waals surface area contributed by atoms with E-state index in [0.717, 1.165) is 54.3 Å². The fourth-order valence-electron chi connectivity index (χ4n) is 7.92. The molecule has 11 heteroatoms. The van der Waals surface area contributed by atoms with Gasteiger partial charge in [0.15, 0.2) is 24.9 Å². The van der Waals surface area contributed by atoms with Crippen LogP contribution < -0.4 is 10.4 Å². The van der Waals surface area contributed by atoms with Crippen molar-refractivity contribution < 1.29 is 33.1 Å². The van der Waals surface area contributed by atoms with Gasteiger partial charge in [-0.05, 0) is 81.9 Å². The molecule has 1 aromatic carbocycles. The van der Waals surface area contributed by atoms with E-state index in [9.17, 15) is 4.79 Å². The zero-order chi connectivity index (χ0) is 29.9. The smallest absolute Gasteiger partial charge is 0.339 e. The fraction of sp³-hybridized carbons (Fsp3) is 0.656. The Morgan fingerprint density at radius 2 is 1.95 bits per heavy atom. The average Bonchev–Trinajstić information content (AvgIpc) is 3.29. The monoisotopic (exact) mass is 595 g/mol. The highest BCUT2D eigenvalue weighted by Gasteiger charge is 2.69. The van der Waals surface area contributed by atoms with Crippen molar-refractivity contribution >= 4 is 11.0 Å². The number of benzene rings is 1. The van der Waals surface area contributed by atoms with Crippen LogP contribution in [0.25, 0.3) is 11.0 Å². The Labute approximate surface area is 250 Å². The second-order valence-electron chi connectivity index (χ2n) is 13.2. The summed E-state index contributed by atoms with van der Waals surface area (Å²) in [6.45, 7) is 11.0. The largest absolute Gasteiger partial charge is 0.470 e. The maximum atomic E-state index is 12.1. The molecule has 8 rings (SSSR count). The van der Waals surface area contributed by atoms with Gasteiger partial charge in [0.1, 0.15) is 11.3 Å². The molecule has 3 aromatic rings. The molecule has 6 heterocycles.